The van der Waals surface area contributed by atoms with Crippen molar-refractivity contribution in [2.24, 2.45) is 131 Å². The second-order valence-corrected chi connectivity index (χ2v) is 45.0. The van der Waals surface area contributed by atoms with Crippen LogP contribution in [0.2, 0.25) is 0 Å². The van der Waals surface area contributed by atoms with Crippen molar-refractivity contribution in [1.82, 2.24) is 0 Å². The van der Waals surface area contributed by atoms with E-state index in [0.717, 1.165) is 80.8 Å². The van der Waals surface area contributed by atoms with Gasteiger partial charge in [-0.05, 0) is 317 Å². The van der Waals surface area contributed by atoms with E-state index in [-0.39, 0.29) is 17.2 Å². The number of hydrogen-bond donors (Lipinski definition) is 0. The van der Waals surface area contributed by atoms with Crippen LogP contribution in [0, 0.1) is 131 Å². The van der Waals surface area contributed by atoms with Gasteiger partial charge in [0, 0.05) is 6.85 Å². The lowest BCUT2D eigenvalue weighted by Crippen LogP contribution is -2.45. The van der Waals surface area contributed by atoms with E-state index in [4.69, 9.17) is 6.85 Å². The fraction of sp³-hybridized carbons (Fsp3) is 1.00. The molecule has 0 amide bonds. The van der Waals surface area contributed by atoms with Gasteiger partial charge in [-0.3, -0.25) is 0 Å². The molecule has 0 nitrogen and oxygen atoms in total. The van der Waals surface area contributed by atoms with Crippen molar-refractivity contribution in [2.75, 3.05) is 0 Å². The van der Waals surface area contributed by atoms with Gasteiger partial charge in [0.25, 0.3) is 0 Å². The van der Waals surface area contributed by atoms with E-state index in [2.05, 4.69) is 125 Å². The predicted octanol–water partition coefficient (Wildman–Crippen LogP) is 33.4. The normalized spacial score (nSPS) is 34.1. The molecule has 0 aromatic carbocycles. The summed E-state index contributed by atoms with van der Waals surface area (Å²) >= 11 is 0. The summed E-state index contributed by atoms with van der Waals surface area (Å²) in [5.74, 6) is 10.5. The van der Waals surface area contributed by atoms with E-state index in [0.29, 0.717) is 32.5 Å². The molecule has 15 fully saturated rings. The van der Waals surface area contributed by atoms with Crippen LogP contribution >= 0.6 is 0 Å². The van der Waals surface area contributed by atoms with Crippen molar-refractivity contribution in [3.63, 3.8) is 0 Å². The van der Waals surface area contributed by atoms with Crippen LogP contribution in [0.5, 0.6) is 0 Å². The average molecular weight is 1350 g/mol. The zero-order valence-corrected chi connectivity index (χ0v) is 71.8. The van der Waals surface area contributed by atoms with Crippen molar-refractivity contribution >= 4 is 0 Å². The predicted molar refractivity (Wildman–Crippen MR) is 435 cm³/mol. The maximum atomic E-state index is 7.25. The highest BCUT2D eigenvalue weighted by Gasteiger charge is 2.51. The van der Waals surface area contributed by atoms with Crippen LogP contribution in [0.3, 0.4) is 0 Å². The third-order valence-electron chi connectivity index (χ3n) is 29.2. The molecule has 0 N–H and O–H groups in total. The first-order valence-corrected chi connectivity index (χ1v) is 43.5. The van der Waals surface area contributed by atoms with E-state index in [1.54, 1.807) is 104 Å². The summed E-state index contributed by atoms with van der Waals surface area (Å²) in [5.41, 5.74) is 6.75. The molecule has 0 radical (unpaired) electrons. The maximum absolute atomic E-state index is 7.25. The highest BCUT2D eigenvalue weighted by Crippen LogP contribution is 2.63. The second kappa shape index (κ2) is 38.8. The van der Waals surface area contributed by atoms with Gasteiger partial charge in [-0.1, -0.05) is 297 Å². The molecule has 1 atom stereocenters. The highest BCUT2D eigenvalue weighted by molar-refractivity contribution is 5.02. The van der Waals surface area contributed by atoms with Crippen molar-refractivity contribution in [1.29, 1.82) is 0 Å². The fourth-order valence-corrected chi connectivity index (χ4v) is 22.8. The van der Waals surface area contributed by atoms with Crippen LogP contribution < -0.4 is 0 Å². The highest BCUT2D eigenvalue weighted by atomic mass is 14.6. The minimum atomic E-state index is -1.06. The van der Waals surface area contributed by atoms with E-state index in [1.165, 1.54) is 186 Å². The van der Waals surface area contributed by atoms with E-state index in [9.17, 15) is 0 Å². The SMILES string of the molecule is CC(C)(C)C.CC1CCC2(CC1)CC(C)(C)CC(C)(C)C2.CC1CCC2(CC1)CCC(C)(C)CC2.CC1CCC2(CCCC2)CC1.CC1CCC2(CCCCC2)CC1.CCC12CC3CC(CC(C3)C1)C2.C[C@@H]1C2CCC(CC2)C1(C)C.[2H]C(C)(C)C.[2H]C([2H])(C)C(C)(C)C.[2H]C([2H])(C)C(C)C. The summed E-state index contributed by atoms with van der Waals surface area (Å²) in [4.78, 5) is 0. The van der Waals surface area contributed by atoms with Crippen molar-refractivity contribution in [3.8, 4) is 0 Å². The van der Waals surface area contributed by atoms with Gasteiger partial charge in [0.2, 0.25) is 0 Å². The van der Waals surface area contributed by atoms with E-state index in [1.807, 2.05) is 55.4 Å². The minimum absolute atomic E-state index is 0.132. The van der Waals surface area contributed by atoms with Gasteiger partial charge in [-0.15, -0.1) is 0 Å². The number of fused-ring (bicyclic) bond motifs is 3. The van der Waals surface area contributed by atoms with E-state index < -0.39 is 12.7 Å². The van der Waals surface area contributed by atoms with Crippen LogP contribution in [-0.4, -0.2) is 0 Å². The Morgan fingerprint density at radius 1 is 0.385 bits per heavy atom. The Hall–Kier alpha value is 0. The molecule has 15 rings (SSSR count). The molecule has 4 spiro atoms. The molecule has 15 saturated carbocycles. The molecule has 0 aromatic rings. The molecule has 0 heterocycles. The molecule has 0 aliphatic heterocycles. The molecule has 15 aliphatic rings. The zero-order chi connectivity index (χ0) is 76.8. The summed E-state index contributed by atoms with van der Waals surface area (Å²) < 4.78 is 35.5. The third kappa shape index (κ3) is 31.8. The Kier molecular flexibility index (Phi) is 32.4. The Labute approximate surface area is 616 Å². The van der Waals surface area contributed by atoms with Crippen molar-refractivity contribution in [3.05, 3.63) is 0 Å². The summed E-state index contributed by atoms with van der Waals surface area (Å²) in [6, 6.07) is 0. The topological polar surface area (TPSA) is 0 Å². The Morgan fingerprint density at radius 3 is 0.917 bits per heavy atom. The molecule has 0 heteroatoms. The quantitative estimate of drug-likeness (QED) is 0.259. The lowest BCUT2D eigenvalue weighted by Gasteiger charge is -2.56. The molecule has 15 aliphatic carbocycles. The first-order chi connectivity index (χ1) is 46.0. The van der Waals surface area contributed by atoms with Gasteiger partial charge in [-0.25, -0.2) is 0 Å². The molecule has 0 saturated heterocycles. The zero-order valence-electron chi connectivity index (χ0n) is 76.8. The van der Waals surface area contributed by atoms with Crippen LogP contribution in [0.15, 0.2) is 0 Å². The lowest BCUT2D eigenvalue weighted by atomic mass is 9.49. The maximum Gasteiger partial charge on any atom is 0.0294 e. The third-order valence-corrected chi connectivity index (χ3v) is 29.2. The largest absolute Gasteiger partial charge is 0.0651 e. The monoisotopic (exact) mass is 1340 g/mol. The molecule has 6 bridgehead atoms. The van der Waals surface area contributed by atoms with Gasteiger partial charge >= 0.3 is 0 Å². The molecule has 0 unspecified atom stereocenters. The van der Waals surface area contributed by atoms with Crippen LogP contribution in [0.4, 0.5) is 0 Å². The Morgan fingerprint density at radius 2 is 0.667 bits per heavy atom. The second-order valence-electron chi connectivity index (χ2n) is 45.0. The molecule has 0 aromatic heterocycles. The van der Waals surface area contributed by atoms with Gasteiger partial charge in [-0.2, -0.15) is 0 Å². The van der Waals surface area contributed by atoms with Crippen molar-refractivity contribution in [2.45, 2.75) is 483 Å². The molecular weight excluding hydrogens is 1150 g/mol. The summed E-state index contributed by atoms with van der Waals surface area (Å²) in [7, 11) is 0. The van der Waals surface area contributed by atoms with Gasteiger partial charge in [0.05, 0.1) is 0 Å². The fourth-order valence-electron chi connectivity index (χ4n) is 22.8. The molecule has 570 valence electrons. The molecule has 96 heavy (non-hydrogen) atoms. The Bertz CT molecular complexity index is 2130. The first kappa shape index (κ1) is 80.1. The Balaban J connectivity index is 0.000000242. The van der Waals surface area contributed by atoms with Gasteiger partial charge < -0.3 is 0 Å². The van der Waals surface area contributed by atoms with Gasteiger partial charge in [0.1, 0.15) is 0 Å². The smallest absolute Gasteiger partial charge is 0.0294 e. The standard InChI is InChI=1S/C16H30.C14H26.C12H20.C12H22.2C11H20.C6H14.2C5H12.C4H10/c1-13-6-8-16(9-7-13)11-14(2,3)10-15(4,5)12-16;1-12-4-6-14(7-5-12)10-8-13(2,3)9-11-14;1-2-12-6-9-3-10(7-12)5-11(4-9)8-12;1-11-5-9-12(10-6-11)7-3-2-4-8-12;1-8-9-4-6-10(7-5-9)11(8,2)3;1-10-4-8-11(9-5-10)6-2-3-7-11;1-5-6(2,3)4;1-5(2,3)4;1-4-5(2)3;1-4(2)3/h13H,6-12H2,1-5H3;12H,4-11H2,1-3H3;9-11H,2-8H2,1H3;11H,2-10H2,1H3;8-10H,4-7H2,1-3H3;10H,2-9H2,1H3;5H2,1-4H3;1-4H3;5H,4H2,1-3H3;4H,1-3H3/t;;;;8-,9?,10?;;;;;/m....1...../s1/i;;;;;;5D2;;4D2;4D. The summed E-state index contributed by atoms with van der Waals surface area (Å²) in [6.07, 6.45) is 63.5. The number of rotatable bonds is 2. The van der Waals surface area contributed by atoms with Crippen LogP contribution in [0.1, 0.15) is 490 Å². The van der Waals surface area contributed by atoms with Crippen LogP contribution in [0.25, 0.3) is 0 Å². The van der Waals surface area contributed by atoms with Crippen molar-refractivity contribution < 1.29 is 6.85 Å². The van der Waals surface area contributed by atoms with E-state index >= 15 is 0 Å². The molecular formula is C96H186. The van der Waals surface area contributed by atoms with Gasteiger partial charge in [0.15, 0.2) is 0 Å². The number of hydrogen-bond acceptors (Lipinski definition) is 0. The summed E-state index contributed by atoms with van der Waals surface area (Å²) in [5, 5.41) is 0. The summed E-state index contributed by atoms with van der Waals surface area (Å²) in [6.45, 7) is 61.4. The average Bonchev–Trinajstić information content (AvgIpc) is 0.787. The minimum Gasteiger partial charge on any atom is -0.0651 e. The lowest BCUT2D eigenvalue weighted by molar-refractivity contribution is -0.0545. The van der Waals surface area contributed by atoms with Crippen LogP contribution in [-0.2, 0) is 0 Å². The first-order valence-electron chi connectivity index (χ1n) is 46.0.